The lowest BCUT2D eigenvalue weighted by atomic mass is 10.1. The fraction of sp³-hybridized carbons (Fsp3) is 0.400. The Hall–Kier alpha value is -4.16. The van der Waals surface area contributed by atoms with Gasteiger partial charge in [-0.25, -0.2) is 9.59 Å². The molecule has 2 N–H and O–H groups in total. The number of carbonyl (C=O) groups excluding carboxylic acids is 2. The molecule has 1 aliphatic rings. The fourth-order valence-electron chi connectivity index (χ4n) is 3.26. The average Bonchev–Trinajstić information content (AvgIpc) is 2.77. The first kappa shape index (κ1) is 23.5. The highest BCUT2D eigenvalue weighted by Crippen LogP contribution is 2.36. The summed E-state index contributed by atoms with van der Waals surface area (Å²) < 4.78 is 17.4. The summed E-state index contributed by atoms with van der Waals surface area (Å²) in [7, 11) is 1.20. The van der Waals surface area contributed by atoms with Gasteiger partial charge in [0.05, 0.1) is 11.0 Å². The quantitative estimate of drug-likeness (QED) is 0.264. The lowest BCUT2D eigenvalue weighted by Gasteiger charge is -2.18. The number of rotatable bonds is 7. The largest absolute Gasteiger partial charge is 0.486 e. The number of nitro groups is 1. The number of benzene rings is 1. The molecule has 0 saturated carbocycles. The molecule has 13 nitrogen and oxygen atoms in total. The Balaban J connectivity index is 1.90. The number of ether oxygens (including phenoxy) is 3. The van der Waals surface area contributed by atoms with Crippen LogP contribution in [0.3, 0.4) is 0 Å². The summed E-state index contributed by atoms with van der Waals surface area (Å²) in [5.74, 6) is -2.28. The van der Waals surface area contributed by atoms with Crippen molar-refractivity contribution < 1.29 is 28.7 Å². The second kappa shape index (κ2) is 9.14. The molecule has 0 spiro atoms. The number of hydrogen-bond donors (Lipinski definition) is 1. The number of esters is 1. The lowest BCUT2D eigenvalue weighted by Crippen LogP contribution is -2.43. The van der Waals surface area contributed by atoms with Gasteiger partial charge in [0.25, 0.3) is 11.2 Å². The first-order chi connectivity index (χ1) is 15.5. The van der Waals surface area contributed by atoms with E-state index in [1.54, 1.807) is 0 Å². The van der Waals surface area contributed by atoms with Gasteiger partial charge in [0.2, 0.25) is 5.78 Å². The van der Waals surface area contributed by atoms with Gasteiger partial charge in [-0.15, -0.1) is 0 Å². The maximum atomic E-state index is 12.7. The number of nitrogens with two attached hydrogens (primary N) is 1. The second-order valence-corrected chi connectivity index (χ2v) is 7.68. The molecule has 0 unspecified atom stereocenters. The van der Waals surface area contributed by atoms with Gasteiger partial charge in [0, 0.05) is 19.7 Å². The molecule has 0 amide bonds. The number of ketones is 1. The minimum atomic E-state index is -1.18. The predicted octanol–water partition coefficient (Wildman–Crippen LogP) is 0.504. The van der Waals surface area contributed by atoms with Crippen molar-refractivity contribution in [2.24, 2.45) is 13.0 Å². The number of nitrogens with zero attached hydrogens (tertiary/aromatic N) is 3. The van der Waals surface area contributed by atoms with Crippen LogP contribution in [0.5, 0.6) is 11.5 Å². The number of carbonyl (C=O) groups is 2. The highest BCUT2D eigenvalue weighted by molar-refractivity contribution is 6.03. The van der Waals surface area contributed by atoms with Gasteiger partial charge in [-0.2, -0.15) is 0 Å². The second-order valence-electron chi connectivity index (χ2n) is 7.68. The van der Waals surface area contributed by atoms with E-state index in [2.05, 4.69) is 0 Å². The highest BCUT2D eigenvalue weighted by atomic mass is 16.6. The van der Waals surface area contributed by atoms with Crippen LogP contribution in [0.4, 0.5) is 11.5 Å². The maximum absolute atomic E-state index is 12.7. The number of fused-ring (bicyclic) bond motifs is 1. The number of Topliss-reactive ketones (excluding diaryl/α,β-unsaturated/α-hetero) is 1. The Bertz CT molecular complexity index is 1260. The van der Waals surface area contributed by atoms with Gasteiger partial charge in [-0.05, 0) is 5.92 Å². The Morgan fingerprint density at radius 1 is 1.21 bits per heavy atom. The molecule has 0 atom stereocenters. The Morgan fingerprint density at radius 2 is 1.82 bits per heavy atom. The molecule has 1 aromatic heterocycles. The first-order valence-corrected chi connectivity index (χ1v) is 9.90. The molecule has 0 saturated heterocycles. The van der Waals surface area contributed by atoms with Crippen LogP contribution in [0.2, 0.25) is 0 Å². The van der Waals surface area contributed by atoms with Gasteiger partial charge in [0.15, 0.2) is 18.1 Å². The number of aromatic nitrogens is 2. The minimum Gasteiger partial charge on any atom is -0.486 e. The molecular formula is C20H22N4O9. The highest BCUT2D eigenvalue weighted by Gasteiger charge is 2.29. The van der Waals surface area contributed by atoms with Crippen LogP contribution >= 0.6 is 0 Å². The van der Waals surface area contributed by atoms with Crippen molar-refractivity contribution in [1.29, 1.82) is 0 Å². The van der Waals surface area contributed by atoms with E-state index in [9.17, 15) is 29.3 Å². The number of hydrogen-bond acceptors (Lipinski definition) is 10. The summed E-state index contributed by atoms with van der Waals surface area (Å²) in [5.41, 5.74) is 2.73. The molecule has 0 aliphatic carbocycles. The van der Waals surface area contributed by atoms with Crippen molar-refractivity contribution in [3.05, 3.63) is 54.2 Å². The van der Waals surface area contributed by atoms with Crippen LogP contribution in [0.1, 0.15) is 34.6 Å². The van der Waals surface area contributed by atoms with Gasteiger partial charge in [-0.3, -0.25) is 28.8 Å². The van der Waals surface area contributed by atoms with E-state index in [0.717, 1.165) is 21.3 Å². The smallest absolute Gasteiger partial charge is 0.345 e. The zero-order chi connectivity index (χ0) is 24.4. The van der Waals surface area contributed by atoms with E-state index >= 15 is 0 Å². The monoisotopic (exact) mass is 462 g/mol. The van der Waals surface area contributed by atoms with Crippen LogP contribution in [0.15, 0.2) is 21.7 Å². The lowest BCUT2D eigenvalue weighted by molar-refractivity contribution is -0.385. The topological polar surface area (TPSA) is 175 Å². The molecule has 0 fully saturated rings. The predicted molar refractivity (Wildman–Crippen MR) is 114 cm³/mol. The van der Waals surface area contributed by atoms with Crippen molar-refractivity contribution >= 4 is 23.3 Å². The van der Waals surface area contributed by atoms with Crippen molar-refractivity contribution in [3.8, 4) is 11.5 Å². The molecule has 1 aliphatic heterocycles. The third kappa shape index (κ3) is 4.56. The molecule has 0 radical (unpaired) electrons. The minimum absolute atomic E-state index is 0.0148. The van der Waals surface area contributed by atoms with Crippen molar-refractivity contribution in [3.63, 3.8) is 0 Å². The number of nitro benzene ring substituents is 1. The van der Waals surface area contributed by atoms with Gasteiger partial charge in [0.1, 0.15) is 30.2 Å². The Morgan fingerprint density at radius 3 is 2.39 bits per heavy atom. The van der Waals surface area contributed by atoms with Gasteiger partial charge in [-0.1, -0.05) is 13.8 Å². The molecule has 2 heterocycles. The zero-order valence-electron chi connectivity index (χ0n) is 18.2. The first-order valence-electron chi connectivity index (χ1n) is 9.90. The standard InChI is InChI=1S/C20H22N4O9/c1-10(2)8-23-17(21)16(18(26)22(3)20(23)28)13(25)9-33-19(27)11-6-14-15(32-5-4-31-14)7-12(11)24(29)30/h6-7,10H,4-5,8-9,21H2,1-3H3. The summed E-state index contributed by atoms with van der Waals surface area (Å²) >= 11 is 0. The molecule has 3 rings (SSSR count). The van der Waals surface area contributed by atoms with Gasteiger partial charge < -0.3 is 19.9 Å². The Labute approximate surface area is 186 Å². The summed E-state index contributed by atoms with van der Waals surface area (Å²) in [4.78, 5) is 60.7. The molecule has 176 valence electrons. The van der Waals surface area contributed by atoms with E-state index < -0.39 is 51.3 Å². The van der Waals surface area contributed by atoms with Crippen LogP contribution in [-0.2, 0) is 18.3 Å². The van der Waals surface area contributed by atoms with Crippen LogP contribution in [0, 0.1) is 16.0 Å². The molecule has 13 heteroatoms. The molecule has 0 bridgehead atoms. The molecule has 2 aromatic rings. The van der Waals surface area contributed by atoms with Crippen LogP contribution < -0.4 is 26.5 Å². The molecule has 1 aromatic carbocycles. The van der Waals surface area contributed by atoms with Crippen molar-refractivity contribution in [2.75, 3.05) is 25.6 Å². The summed E-state index contributed by atoms with van der Waals surface area (Å²) in [6.45, 7) is 3.25. The van der Waals surface area contributed by atoms with E-state index in [-0.39, 0.29) is 43.0 Å². The summed E-state index contributed by atoms with van der Waals surface area (Å²) in [6, 6.07) is 2.12. The van der Waals surface area contributed by atoms with Crippen LogP contribution in [-0.4, -0.2) is 45.6 Å². The van der Waals surface area contributed by atoms with E-state index in [1.165, 1.54) is 7.05 Å². The normalized spacial score (nSPS) is 12.5. The molecule has 33 heavy (non-hydrogen) atoms. The third-order valence-electron chi connectivity index (χ3n) is 4.82. The summed E-state index contributed by atoms with van der Waals surface area (Å²) in [6.07, 6.45) is 0. The summed E-state index contributed by atoms with van der Waals surface area (Å²) in [5, 5.41) is 11.4. The van der Waals surface area contributed by atoms with Gasteiger partial charge >= 0.3 is 11.7 Å². The SMILES string of the molecule is CC(C)Cn1c(N)c(C(=O)COC(=O)c2cc3c(cc2[N+](=O)[O-])OCCO3)c(=O)n(C)c1=O. The Kier molecular flexibility index (Phi) is 6.51. The number of anilines is 1. The maximum Gasteiger partial charge on any atom is 0.345 e. The van der Waals surface area contributed by atoms with E-state index in [0.29, 0.717) is 0 Å². The fourth-order valence-corrected chi connectivity index (χ4v) is 3.26. The van der Waals surface area contributed by atoms with Crippen molar-refractivity contribution in [1.82, 2.24) is 9.13 Å². The molecular weight excluding hydrogens is 440 g/mol. The average molecular weight is 462 g/mol. The third-order valence-corrected chi connectivity index (χ3v) is 4.82. The zero-order valence-corrected chi connectivity index (χ0v) is 18.2. The van der Waals surface area contributed by atoms with Crippen LogP contribution in [0.25, 0.3) is 0 Å². The van der Waals surface area contributed by atoms with Crippen molar-refractivity contribution in [2.45, 2.75) is 20.4 Å². The van der Waals surface area contributed by atoms with E-state index in [1.807, 2.05) is 13.8 Å². The number of nitrogen functional groups attached to an aromatic ring is 1. The van der Waals surface area contributed by atoms with E-state index in [4.69, 9.17) is 19.9 Å².